The first kappa shape index (κ1) is 28.7. The lowest BCUT2D eigenvalue weighted by Crippen LogP contribution is -2.62. The fraction of sp³-hybridized carbons (Fsp3) is 0.519. The van der Waals surface area contributed by atoms with Gasteiger partial charge >= 0.3 is 17.6 Å². The molecule has 0 aromatic carbocycles. The molecule has 196 valence electrons. The summed E-state index contributed by atoms with van der Waals surface area (Å²) in [6.07, 6.45) is 2.45. The van der Waals surface area contributed by atoms with Crippen LogP contribution in [0.3, 0.4) is 0 Å². The van der Waals surface area contributed by atoms with Gasteiger partial charge in [-0.2, -0.15) is 0 Å². The van der Waals surface area contributed by atoms with Crippen LogP contribution in [0, 0.1) is 11.8 Å². The number of ether oxygens (including phenoxy) is 3. The Morgan fingerprint density at radius 1 is 1.17 bits per heavy atom. The summed E-state index contributed by atoms with van der Waals surface area (Å²) in [5, 5.41) is 0. The van der Waals surface area contributed by atoms with Crippen LogP contribution in [0.4, 0.5) is 0 Å². The van der Waals surface area contributed by atoms with Crippen LogP contribution in [0.15, 0.2) is 39.8 Å². The molecule has 0 N–H and O–H groups in total. The Kier molecular flexibility index (Phi) is 9.18. The Labute approximate surface area is 211 Å². The second-order valence-corrected chi connectivity index (χ2v) is 8.73. The highest BCUT2D eigenvalue weighted by atomic mass is 16.6. The van der Waals surface area contributed by atoms with E-state index in [0.717, 1.165) is 0 Å². The highest BCUT2D eigenvalue weighted by Gasteiger charge is 2.58. The van der Waals surface area contributed by atoms with Gasteiger partial charge in [-0.1, -0.05) is 21.3 Å². The first-order valence-electron chi connectivity index (χ1n) is 11.8. The van der Waals surface area contributed by atoms with Gasteiger partial charge in [0.1, 0.15) is 29.3 Å². The topological polar surface area (TPSA) is 122 Å². The second kappa shape index (κ2) is 11.5. The van der Waals surface area contributed by atoms with E-state index in [2.05, 4.69) is 4.98 Å². The third kappa shape index (κ3) is 5.50. The van der Waals surface area contributed by atoms with Crippen molar-refractivity contribution in [2.24, 2.45) is 11.8 Å². The van der Waals surface area contributed by atoms with Crippen LogP contribution in [-0.4, -0.2) is 40.5 Å². The van der Waals surface area contributed by atoms with Crippen molar-refractivity contribution in [2.75, 3.05) is 0 Å². The lowest BCUT2D eigenvalue weighted by Gasteiger charge is -2.50. The molecule has 3 heterocycles. The summed E-state index contributed by atoms with van der Waals surface area (Å²) in [6, 6.07) is 4.90. The van der Waals surface area contributed by atoms with Crippen LogP contribution in [0.1, 0.15) is 72.2 Å². The number of pyridine rings is 1. The molecule has 0 amide bonds. The Balaban J connectivity index is 0.00000148. The Hall–Kier alpha value is -3.49. The summed E-state index contributed by atoms with van der Waals surface area (Å²) in [4.78, 5) is 53.7. The molecule has 1 saturated carbocycles. The molecule has 0 spiro atoms. The fourth-order valence-corrected chi connectivity index (χ4v) is 4.81. The van der Waals surface area contributed by atoms with Crippen LogP contribution >= 0.6 is 0 Å². The van der Waals surface area contributed by atoms with Gasteiger partial charge in [0.15, 0.2) is 11.4 Å². The van der Waals surface area contributed by atoms with Crippen molar-refractivity contribution in [2.45, 2.75) is 79.6 Å². The van der Waals surface area contributed by atoms with E-state index in [1.165, 1.54) is 26.1 Å². The largest absolute Gasteiger partial charge is 0.482 e. The van der Waals surface area contributed by atoms with E-state index in [1.54, 1.807) is 32.2 Å². The summed E-state index contributed by atoms with van der Waals surface area (Å²) in [5.74, 6) is -2.18. The summed E-state index contributed by atoms with van der Waals surface area (Å²) in [6.45, 7) is 10.0. The molecule has 5 atom stereocenters. The predicted octanol–water partition coefficient (Wildman–Crippen LogP) is 4.61. The standard InChI is InChI=1S/C24H25NO8.C2H6.CH4/c1-12(30-13(2)26)16-8-17-22(28)21-19(33-24(17,4)20(9-16)31-14(3)27)10-18(32-23(21)29)15-6-5-7-25-11-15;1-2;/h5-7,10-12,16-17,20H,8-9H2,1-4H3;1-2H3;1H4. The Bertz CT molecular complexity index is 1160. The zero-order valence-electron chi connectivity index (χ0n) is 20.8. The normalized spacial score (nSPS) is 24.8. The summed E-state index contributed by atoms with van der Waals surface area (Å²) in [7, 11) is 0. The van der Waals surface area contributed by atoms with E-state index >= 15 is 0 Å². The number of hydrogen-bond donors (Lipinski definition) is 0. The van der Waals surface area contributed by atoms with Gasteiger partial charge in [0.05, 0.1) is 5.92 Å². The number of hydrogen-bond acceptors (Lipinski definition) is 9. The average Bonchev–Trinajstić information content (AvgIpc) is 2.80. The number of Topliss-reactive ketones (excluding diaryl/α,β-unsaturated/α-hetero) is 1. The van der Waals surface area contributed by atoms with E-state index in [1.807, 2.05) is 13.8 Å². The first-order chi connectivity index (χ1) is 16.6. The van der Waals surface area contributed by atoms with E-state index in [4.69, 9.17) is 18.6 Å². The van der Waals surface area contributed by atoms with Crippen molar-refractivity contribution in [1.82, 2.24) is 4.98 Å². The van der Waals surface area contributed by atoms with E-state index < -0.39 is 47.1 Å². The maximum Gasteiger partial charge on any atom is 0.351 e. The zero-order chi connectivity index (χ0) is 25.9. The molecule has 0 radical (unpaired) electrons. The smallest absolute Gasteiger partial charge is 0.351 e. The minimum Gasteiger partial charge on any atom is -0.482 e. The number of rotatable bonds is 4. The number of carbonyl (C=O) groups excluding carboxylic acids is 3. The minimum absolute atomic E-state index is 0. The average molecular weight is 502 g/mol. The van der Waals surface area contributed by atoms with Gasteiger partial charge in [-0.3, -0.25) is 19.4 Å². The quantitative estimate of drug-likeness (QED) is 0.553. The molecule has 1 aliphatic heterocycles. The highest BCUT2D eigenvalue weighted by molar-refractivity contribution is 6.02. The monoisotopic (exact) mass is 501 g/mol. The van der Waals surface area contributed by atoms with Crippen molar-refractivity contribution in [3.8, 4) is 17.1 Å². The molecule has 0 saturated heterocycles. The van der Waals surface area contributed by atoms with Gasteiger partial charge < -0.3 is 18.6 Å². The molecule has 2 aliphatic rings. The third-order valence-electron chi connectivity index (χ3n) is 6.46. The van der Waals surface area contributed by atoms with Crippen LogP contribution in [0.2, 0.25) is 0 Å². The molecule has 5 unspecified atom stereocenters. The van der Waals surface area contributed by atoms with Gasteiger partial charge in [-0.05, 0) is 38.8 Å². The SMILES string of the molecule is C.CC.CC(=O)OC(C)C1CC(OC(C)=O)C2(C)Oc3cc(-c4cccnc4)oc(=O)c3C(=O)C2C1. The van der Waals surface area contributed by atoms with Crippen LogP contribution < -0.4 is 10.4 Å². The third-order valence-corrected chi connectivity index (χ3v) is 6.46. The number of nitrogens with zero attached hydrogens (tertiary/aromatic N) is 1. The van der Waals surface area contributed by atoms with E-state index in [9.17, 15) is 19.2 Å². The number of ketones is 1. The van der Waals surface area contributed by atoms with Crippen molar-refractivity contribution < 1.29 is 33.0 Å². The number of fused-ring (bicyclic) bond motifs is 2. The van der Waals surface area contributed by atoms with Crippen LogP contribution in [0.25, 0.3) is 11.3 Å². The lowest BCUT2D eigenvalue weighted by molar-refractivity contribution is -0.179. The number of carbonyl (C=O) groups is 3. The minimum atomic E-state index is -1.21. The predicted molar refractivity (Wildman–Crippen MR) is 133 cm³/mol. The van der Waals surface area contributed by atoms with Crippen molar-refractivity contribution >= 4 is 17.7 Å². The molecule has 2 aromatic rings. The molecular formula is C27H35NO8. The van der Waals surface area contributed by atoms with Crippen molar-refractivity contribution in [1.29, 1.82) is 0 Å². The number of aromatic nitrogens is 1. The van der Waals surface area contributed by atoms with Crippen molar-refractivity contribution in [3.63, 3.8) is 0 Å². The van der Waals surface area contributed by atoms with Crippen molar-refractivity contribution in [3.05, 3.63) is 46.6 Å². The van der Waals surface area contributed by atoms with Gasteiger partial charge in [0.2, 0.25) is 0 Å². The Morgan fingerprint density at radius 3 is 2.44 bits per heavy atom. The zero-order valence-corrected chi connectivity index (χ0v) is 20.8. The summed E-state index contributed by atoms with van der Waals surface area (Å²) >= 11 is 0. The lowest BCUT2D eigenvalue weighted by atomic mass is 9.65. The van der Waals surface area contributed by atoms with E-state index in [-0.39, 0.29) is 30.4 Å². The molecule has 1 fully saturated rings. The molecule has 36 heavy (non-hydrogen) atoms. The maximum atomic E-state index is 13.5. The van der Waals surface area contributed by atoms with Crippen LogP contribution in [0.5, 0.6) is 5.75 Å². The van der Waals surface area contributed by atoms with Crippen LogP contribution in [-0.2, 0) is 19.1 Å². The number of esters is 2. The van der Waals surface area contributed by atoms with Gasteiger partial charge in [0, 0.05) is 43.8 Å². The first-order valence-corrected chi connectivity index (χ1v) is 11.8. The van der Waals surface area contributed by atoms with Gasteiger partial charge in [-0.25, -0.2) is 4.79 Å². The molecule has 2 aromatic heterocycles. The fourth-order valence-electron chi connectivity index (χ4n) is 4.81. The molecule has 9 nitrogen and oxygen atoms in total. The summed E-state index contributed by atoms with van der Waals surface area (Å²) < 4.78 is 22.6. The van der Waals surface area contributed by atoms with E-state index in [0.29, 0.717) is 18.4 Å². The second-order valence-electron chi connectivity index (χ2n) is 8.73. The molecule has 9 heteroatoms. The Morgan fingerprint density at radius 2 is 1.86 bits per heavy atom. The highest BCUT2D eigenvalue weighted by Crippen LogP contribution is 2.48. The van der Waals surface area contributed by atoms with Gasteiger partial charge in [-0.15, -0.1) is 0 Å². The molecular weight excluding hydrogens is 466 g/mol. The van der Waals surface area contributed by atoms with Gasteiger partial charge in [0.25, 0.3) is 0 Å². The maximum absolute atomic E-state index is 13.5. The molecule has 0 bridgehead atoms. The summed E-state index contributed by atoms with van der Waals surface area (Å²) in [5.41, 5.74) is -1.64. The molecule has 1 aliphatic carbocycles. The molecule has 4 rings (SSSR count).